The van der Waals surface area contributed by atoms with Crippen LogP contribution in [0.5, 0.6) is 0 Å². The number of nitrogens with zero attached hydrogens (tertiary/aromatic N) is 1. The Labute approximate surface area is 114 Å². The van der Waals surface area contributed by atoms with Gasteiger partial charge < -0.3 is 4.90 Å². The van der Waals surface area contributed by atoms with Crippen molar-refractivity contribution in [2.45, 2.75) is 11.8 Å². The predicted octanol–water partition coefficient (Wildman–Crippen LogP) is 1.92. The van der Waals surface area contributed by atoms with Gasteiger partial charge in [-0.1, -0.05) is 6.07 Å². The molecule has 98 valence electrons. The molecule has 0 spiro atoms. The summed E-state index contributed by atoms with van der Waals surface area (Å²) in [5.74, 6) is 1.28. The Kier molecular flexibility index (Phi) is 4.45. The molecule has 1 aromatic carbocycles. The van der Waals surface area contributed by atoms with Gasteiger partial charge >= 0.3 is 0 Å². The van der Waals surface area contributed by atoms with Crippen LogP contribution in [0.1, 0.15) is 15.9 Å². The summed E-state index contributed by atoms with van der Waals surface area (Å²) in [5, 5.41) is 0. The van der Waals surface area contributed by atoms with E-state index in [1.54, 1.807) is 11.8 Å². The Morgan fingerprint density at radius 1 is 1.33 bits per heavy atom. The second kappa shape index (κ2) is 5.89. The monoisotopic (exact) mass is 283 g/mol. The Balaban J connectivity index is 2.20. The molecule has 3 nitrogen and oxygen atoms in total. The minimum Gasteiger partial charge on any atom is -0.337 e. The summed E-state index contributed by atoms with van der Waals surface area (Å²) in [6, 6.07) is 5.97. The van der Waals surface area contributed by atoms with E-state index in [4.69, 9.17) is 0 Å². The van der Waals surface area contributed by atoms with Crippen molar-refractivity contribution in [3.05, 3.63) is 29.3 Å². The normalized spacial score (nSPS) is 16.9. The number of benzene rings is 1. The van der Waals surface area contributed by atoms with Crippen LogP contribution in [0.15, 0.2) is 23.1 Å². The maximum atomic E-state index is 12.4. The van der Waals surface area contributed by atoms with Gasteiger partial charge in [0, 0.05) is 45.9 Å². The Morgan fingerprint density at radius 2 is 2.00 bits per heavy atom. The molecule has 0 aromatic heterocycles. The molecule has 1 heterocycles. The van der Waals surface area contributed by atoms with Crippen molar-refractivity contribution in [1.82, 2.24) is 4.90 Å². The van der Waals surface area contributed by atoms with Gasteiger partial charge in [-0.2, -0.15) is 0 Å². The Hall–Kier alpha value is -0.810. The predicted molar refractivity (Wildman–Crippen MR) is 76.7 cm³/mol. The summed E-state index contributed by atoms with van der Waals surface area (Å²) in [4.78, 5) is 15.3. The summed E-state index contributed by atoms with van der Waals surface area (Å²) in [6.45, 7) is 3.17. The van der Waals surface area contributed by atoms with E-state index in [1.165, 1.54) is 0 Å². The highest BCUT2D eigenvalue weighted by Crippen LogP contribution is 2.20. The summed E-state index contributed by atoms with van der Waals surface area (Å²) < 4.78 is 11.3. The zero-order chi connectivity index (χ0) is 13.1. The van der Waals surface area contributed by atoms with Crippen LogP contribution in [-0.4, -0.2) is 45.9 Å². The van der Waals surface area contributed by atoms with Crippen LogP contribution in [0.2, 0.25) is 0 Å². The van der Waals surface area contributed by atoms with E-state index in [1.807, 2.05) is 36.3 Å². The van der Waals surface area contributed by atoms with Crippen LogP contribution in [0.4, 0.5) is 0 Å². The molecule has 1 saturated heterocycles. The third-order valence-electron chi connectivity index (χ3n) is 3.14. The quantitative estimate of drug-likeness (QED) is 0.778. The van der Waals surface area contributed by atoms with Gasteiger partial charge in [-0.3, -0.25) is 9.00 Å². The van der Waals surface area contributed by atoms with E-state index in [-0.39, 0.29) is 5.91 Å². The lowest BCUT2D eigenvalue weighted by atomic mass is 10.1. The Morgan fingerprint density at radius 3 is 2.61 bits per heavy atom. The second-order valence-corrected chi connectivity index (χ2v) is 6.90. The first kappa shape index (κ1) is 13.6. The molecular formula is C13H17NO2S2. The summed E-state index contributed by atoms with van der Waals surface area (Å²) in [7, 11) is -0.743. The van der Waals surface area contributed by atoms with E-state index in [0.717, 1.165) is 16.0 Å². The molecule has 0 atom stereocenters. The Bertz CT molecular complexity index is 478. The van der Waals surface area contributed by atoms with E-state index in [0.29, 0.717) is 24.6 Å². The minimum atomic E-state index is -0.743. The molecule has 18 heavy (non-hydrogen) atoms. The van der Waals surface area contributed by atoms with Crippen molar-refractivity contribution < 1.29 is 9.00 Å². The number of carbonyl (C=O) groups is 1. The third-order valence-corrected chi connectivity index (χ3v) is 5.14. The van der Waals surface area contributed by atoms with Crippen LogP contribution in [0.3, 0.4) is 0 Å². The molecule has 2 rings (SSSR count). The van der Waals surface area contributed by atoms with E-state index in [2.05, 4.69) is 0 Å². The van der Waals surface area contributed by atoms with Gasteiger partial charge in [-0.25, -0.2) is 0 Å². The first-order valence-electron chi connectivity index (χ1n) is 5.90. The van der Waals surface area contributed by atoms with Crippen LogP contribution in [0, 0.1) is 6.92 Å². The van der Waals surface area contributed by atoms with Gasteiger partial charge in [-0.05, 0) is 30.9 Å². The number of carbonyl (C=O) groups excluding carboxylic acids is 1. The minimum absolute atomic E-state index is 0.0695. The molecule has 0 unspecified atom stereocenters. The number of amides is 1. The fourth-order valence-corrected chi connectivity index (χ4v) is 3.46. The van der Waals surface area contributed by atoms with Crippen molar-refractivity contribution in [2.75, 3.05) is 30.9 Å². The smallest absolute Gasteiger partial charge is 0.254 e. The fraction of sp³-hybridized carbons (Fsp3) is 0.462. The van der Waals surface area contributed by atoms with Gasteiger partial charge in [0.25, 0.3) is 5.91 Å². The van der Waals surface area contributed by atoms with Gasteiger partial charge in [0.1, 0.15) is 0 Å². The zero-order valence-electron chi connectivity index (χ0n) is 10.6. The summed E-state index contributed by atoms with van der Waals surface area (Å²) in [6.07, 6.45) is 2.00. The lowest BCUT2D eigenvalue weighted by Gasteiger charge is -2.27. The molecule has 1 aliphatic heterocycles. The van der Waals surface area contributed by atoms with E-state index >= 15 is 0 Å². The molecule has 1 aliphatic rings. The highest BCUT2D eigenvalue weighted by atomic mass is 32.2. The maximum Gasteiger partial charge on any atom is 0.254 e. The third kappa shape index (κ3) is 2.95. The summed E-state index contributed by atoms with van der Waals surface area (Å²) in [5.41, 5.74) is 1.78. The first-order chi connectivity index (χ1) is 8.61. The van der Waals surface area contributed by atoms with Crippen LogP contribution in [-0.2, 0) is 10.8 Å². The molecular weight excluding hydrogens is 266 g/mol. The number of hydrogen-bond donors (Lipinski definition) is 0. The highest BCUT2D eigenvalue weighted by Gasteiger charge is 2.22. The second-order valence-electron chi connectivity index (χ2n) is 4.32. The molecule has 0 radical (unpaired) electrons. The lowest BCUT2D eigenvalue weighted by molar-refractivity contribution is 0.0770. The number of rotatable bonds is 2. The van der Waals surface area contributed by atoms with Crippen LogP contribution >= 0.6 is 11.8 Å². The van der Waals surface area contributed by atoms with Crippen LogP contribution < -0.4 is 0 Å². The molecule has 0 saturated carbocycles. The summed E-state index contributed by atoms with van der Waals surface area (Å²) >= 11 is 1.64. The molecule has 0 N–H and O–H groups in total. The van der Waals surface area contributed by atoms with E-state index < -0.39 is 10.8 Å². The molecule has 1 aromatic rings. The molecule has 1 fully saturated rings. The number of thioether (sulfide) groups is 1. The average molecular weight is 283 g/mol. The average Bonchev–Trinajstić information content (AvgIpc) is 2.39. The molecule has 1 amide bonds. The highest BCUT2D eigenvalue weighted by molar-refractivity contribution is 7.98. The van der Waals surface area contributed by atoms with Crippen molar-refractivity contribution in [1.29, 1.82) is 0 Å². The van der Waals surface area contributed by atoms with Gasteiger partial charge in [0.2, 0.25) is 0 Å². The largest absolute Gasteiger partial charge is 0.337 e. The van der Waals surface area contributed by atoms with Gasteiger partial charge in [0.05, 0.1) is 0 Å². The van der Waals surface area contributed by atoms with Crippen LogP contribution in [0.25, 0.3) is 0 Å². The number of hydrogen-bond acceptors (Lipinski definition) is 3. The van der Waals surface area contributed by atoms with E-state index in [9.17, 15) is 9.00 Å². The maximum absolute atomic E-state index is 12.4. The van der Waals surface area contributed by atoms with Gasteiger partial charge in [0.15, 0.2) is 0 Å². The van der Waals surface area contributed by atoms with Crippen molar-refractivity contribution in [3.63, 3.8) is 0 Å². The first-order valence-corrected chi connectivity index (χ1v) is 8.62. The van der Waals surface area contributed by atoms with Crippen molar-refractivity contribution in [3.8, 4) is 0 Å². The zero-order valence-corrected chi connectivity index (χ0v) is 12.3. The topological polar surface area (TPSA) is 37.4 Å². The fourth-order valence-electron chi connectivity index (χ4n) is 1.97. The standard InChI is InChI=1S/C13H17NO2S2/c1-10-3-4-11(17-2)9-12(10)13(15)14-5-7-18(16)8-6-14/h3-4,9H,5-8H2,1-2H3. The van der Waals surface area contributed by atoms with Gasteiger partial charge in [-0.15, -0.1) is 11.8 Å². The van der Waals surface area contributed by atoms with Crippen molar-refractivity contribution >= 4 is 28.5 Å². The van der Waals surface area contributed by atoms with Crippen molar-refractivity contribution in [2.24, 2.45) is 0 Å². The molecule has 0 bridgehead atoms. The molecule has 5 heteroatoms. The molecule has 0 aliphatic carbocycles. The lowest BCUT2D eigenvalue weighted by Crippen LogP contribution is -2.42. The SMILES string of the molecule is CSc1ccc(C)c(C(=O)N2CCS(=O)CC2)c1. The number of aryl methyl sites for hydroxylation is 1.